The first-order valence-electron chi connectivity index (χ1n) is 15.0. The SMILES string of the molecule is CC(C)(O)C(CCO)CCC(C(=O)O)C1CCC2(C)C3=C(CCC12C)C1(C)CCC(O)C(C)(C)C1CC3. The van der Waals surface area contributed by atoms with E-state index in [1.54, 1.807) is 25.0 Å². The first kappa shape index (κ1) is 29.1. The van der Waals surface area contributed by atoms with E-state index in [1.165, 1.54) is 0 Å². The molecule has 5 heteroatoms. The molecule has 37 heavy (non-hydrogen) atoms. The van der Waals surface area contributed by atoms with Crippen LogP contribution in [0.3, 0.4) is 0 Å². The lowest BCUT2D eigenvalue weighted by Gasteiger charge is -2.62. The number of hydrogen-bond acceptors (Lipinski definition) is 4. The summed E-state index contributed by atoms with van der Waals surface area (Å²) in [5.41, 5.74) is 2.38. The Balaban J connectivity index is 1.64. The normalized spacial score (nSPS) is 41.0. The van der Waals surface area contributed by atoms with Gasteiger partial charge in [0.1, 0.15) is 0 Å². The second-order valence-electron chi connectivity index (χ2n) is 15.1. The third-order valence-electron chi connectivity index (χ3n) is 12.9. The van der Waals surface area contributed by atoms with Gasteiger partial charge >= 0.3 is 5.97 Å². The van der Waals surface area contributed by atoms with Crippen LogP contribution < -0.4 is 0 Å². The third kappa shape index (κ3) is 4.43. The van der Waals surface area contributed by atoms with E-state index in [9.17, 15) is 25.2 Å². The molecule has 4 aliphatic carbocycles. The summed E-state index contributed by atoms with van der Waals surface area (Å²) in [4.78, 5) is 12.7. The number of aliphatic carboxylic acids is 1. The maximum atomic E-state index is 12.7. The van der Waals surface area contributed by atoms with Gasteiger partial charge in [0.05, 0.1) is 17.6 Å². The van der Waals surface area contributed by atoms with E-state index in [-0.39, 0.29) is 46.2 Å². The van der Waals surface area contributed by atoms with Gasteiger partial charge in [-0.2, -0.15) is 0 Å². The molecule has 2 saturated carbocycles. The quantitative estimate of drug-likeness (QED) is 0.281. The van der Waals surface area contributed by atoms with Gasteiger partial charge in [0.2, 0.25) is 0 Å². The Kier molecular flexibility index (Phi) is 7.57. The van der Waals surface area contributed by atoms with Crippen molar-refractivity contribution in [2.75, 3.05) is 6.61 Å². The van der Waals surface area contributed by atoms with Gasteiger partial charge in [0, 0.05) is 6.61 Å². The summed E-state index contributed by atoms with van der Waals surface area (Å²) in [6.45, 7) is 15.4. The van der Waals surface area contributed by atoms with Crippen LogP contribution >= 0.6 is 0 Å². The first-order chi connectivity index (χ1) is 17.0. The number of fused-ring (bicyclic) bond motifs is 4. The monoisotopic (exact) mass is 518 g/mol. The van der Waals surface area contributed by atoms with Crippen LogP contribution in [0.5, 0.6) is 0 Å². The number of carbonyl (C=O) groups is 1. The molecule has 0 aromatic carbocycles. The van der Waals surface area contributed by atoms with Crippen LogP contribution in [0.15, 0.2) is 11.1 Å². The van der Waals surface area contributed by atoms with Crippen molar-refractivity contribution < 1.29 is 25.2 Å². The number of aliphatic hydroxyl groups excluding tert-OH is 2. The van der Waals surface area contributed by atoms with E-state index in [1.807, 2.05) is 0 Å². The zero-order chi connectivity index (χ0) is 27.6. The predicted molar refractivity (Wildman–Crippen MR) is 147 cm³/mol. The lowest BCUT2D eigenvalue weighted by Crippen LogP contribution is -2.55. The average Bonchev–Trinajstić information content (AvgIpc) is 3.07. The maximum absolute atomic E-state index is 12.7. The van der Waals surface area contributed by atoms with E-state index >= 15 is 0 Å². The van der Waals surface area contributed by atoms with Gasteiger partial charge in [0.15, 0.2) is 0 Å². The van der Waals surface area contributed by atoms with Crippen molar-refractivity contribution in [2.45, 2.75) is 131 Å². The summed E-state index contributed by atoms with van der Waals surface area (Å²) in [7, 11) is 0. The molecule has 8 unspecified atom stereocenters. The van der Waals surface area contributed by atoms with Crippen LogP contribution in [0.25, 0.3) is 0 Å². The summed E-state index contributed by atoms with van der Waals surface area (Å²) in [6, 6.07) is 0. The minimum Gasteiger partial charge on any atom is -0.481 e. The number of hydrogen-bond donors (Lipinski definition) is 4. The second-order valence-corrected chi connectivity index (χ2v) is 15.1. The summed E-state index contributed by atoms with van der Waals surface area (Å²) in [5, 5.41) is 41.4. The Labute approximate surface area is 225 Å². The number of allylic oxidation sites excluding steroid dienone is 2. The molecule has 0 heterocycles. The van der Waals surface area contributed by atoms with Crippen LogP contribution in [-0.4, -0.2) is 44.7 Å². The summed E-state index contributed by atoms with van der Waals surface area (Å²) >= 11 is 0. The van der Waals surface area contributed by atoms with Crippen LogP contribution in [0.4, 0.5) is 0 Å². The zero-order valence-electron chi connectivity index (χ0n) is 24.6. The molecule has 8 atom stereocenters. The van der Waals surface area contributed by atoms with Crippen molar-refractivity contribution in [1.82, 2.24) is 0 Å². The van der Waals surface area contributed by atoms with Crippen LogP contribution in [0.2, 0.25) is 0 Å². The molecule has 212 valence electrons. The molecule has 0 aliphatic heterocycles. The first-order valence-corrected chi connectivity index (χ1v) is 15.0. The molecule has 0 amide bonds. The molecule has 0 bridgehead atoms. The van der Waals surface area contributed by atoms with Crippen molar-refractivity contribution in [3.8, 4) is 0 Å². The molecule has 0 aromatic rings. The fraction of sp³-hybridized carbons (Fsp3) is 0.906. The molecule has 0 radical (unpaired) electrons. The van der Waals surface area contributed by atoms with E-state index in [2.05, 4.69) is 34.6 Å². The molecule has 4 N–H and O–H groups in total. The number of aliphatic hydroxyl groups is 3. The fourth-order valence-electron chi connectivity index (χ4n) is 10.2. The highest BCUT2D eigenvalue weighted by molar-refractivity contribution is 5.70. The Hall–Kier alpha value is -0.910. The largest absolute Gasteiger partial charge is 0.481 e. The second kappa shape index (κ2) is 9.63. The molecular formula is C32H54O5. The Morgan fingerprint density at radius 3 is 2.22 bits per heavy atom. The van der Waals surface area contributed by atoms with Crippen molar-refractivity contribution in [1.29, 1.82) is 0 Å². The Morgan fingerprint density at radius 2 is 1.62 bits per heavy atom. The lowest BCUT2D eigenvalue weighted by atomic mass is 9.43. The van der Waals surface area contributed by atoms with Crippen molar-refractivity contribution in [2.24, 2.45) is 45.3 Å². The molecule has 4 aliphatic rings. The van der Waals surface area contributed by atoms with Crippen molar-refractivity contribution in [3.05, 3.63) is 11.1 Å². The van der Waals surface area contributed by atoms with Gasteiger partial charge in [-0.1, -0.05) is 45.8 Å². The van der Waals surface area contributed by atoms with Gasteiger partial charge in [-0.05, 0) is 124 Å². The zero-order valence-corrected chi connectivity index (χ0v) is 24.6. The van der Waals surface area contributed by atoms with E-state index in [4.69, 9.17) is 0 Å². The lowest BCUT2D eigenvalue weighted by molar-refractivity contribution is -0.147. The van der Waals surface area contributed by atoms with Gasteiger partial charge in [-0.25, -0.2) is 0 Å². The molecule has 2 fully saturated rings. The van der Waals surface area contributed by atoms with Crippen LogP contribution in [-0.2, 0) is 4.79 Å². The molecule has 0 spiro atoms. The van der Waals surface area contributed by atoms with Crippen LogP contribution in [0, 0.1) is 45.3 Å². The molecule has 0 aromatic heterocycles. The van der Waals surface area contributed by atoms with Gasteiger partial charge in [-0.3, -0.25) is 4.79 Å². The highest BCUT2D eigenvalue weighted by Crippen LogP contribution is 2.72. The molecular weight excluding hydrogens is 464 g/mol. The summed E-state index contributed by atoms with van der Waals surface area (Å²) in [6.07, 6.45) is 9.64. The van der Waals surface area contributed by atoms with Gasteiger partial charge in [0.25, 0.3) is 0 Å². The topological polar surface area (TPSA) is 98.0 Å². The molecule has 0 saturated heterocycles. The number of rotatable bonds is 8. The molecule has 4 rings (SSSR count). The summed E-state index contributed by atoms with van der Waals surface area (Å²) < 4.78 is 0. The fourth-order valence-corrected chi connectivity index (χ4v) is 10.2. The number of carboxylic acid groups (broad SMARTS) is 1. The third-order valence-corrected chi connectivity index (χ3v) is 12.9. The van der Waals surface area contributed by atoms with Crippen LogP contribution in [0.1, 0.15) is 119 Å². The minimum atomic E-state index is -0.931. The van der Waals surface area contributed by atoms with E-state index in [0.717, 1.165) is 51.4 Å². The highest BCUT2D eigenvalue weighted by Gasteiger charge is 2.64. The van der Waals surface area contributed by atoms with Gasteiger partial charge in [-0.15, -0.1) is 0 Å². The number of carboxylic acids is 1. The van der Waals surface area contributed by atoms with Gasteiger partial charge < -0.3 is 20.4 Å². The maximum Gasteiger partial charge on any atom is 0.306 e. The minimum absolute atomic E-state index is 0.0101. The van der Waals surface area contributed by atoms with E-state index < -0.39 is 17.5 Å². The Morgan fingerprint density at radius 1 is 0.946 bits per heavy atom. The van der Waals surface area contributed by atoms with E-state index in [0.29, 0.717) is 25.2 Å². The average molecular weight is 519 g/mol. The predicted octanol–water partition coefficient (Wildman–Crippen LogP) is 6.35. The smallest absolute Gasteiger partial charge is 0.306 e. The van der Waals surface area contributed by atoms with Crippen molar-refractivity contribution in [3.63, 3.8) is 0 Å². The summed E-state index contributed by atoms with van der Waals surface area (Å²) in [5.74, 6) is -0.623. The van der Waals surface area contributed by atoms with Crippen molar-refractivity contribution >= 4 is 5.97 Å². The Bertz CT molecular complexity index is 915. The standard InChI is InChI=1S/C32H54O5/c1-28(2)25-11-10-24-23(30(25,5)16-14-26(28)34)13-18-31(6)22(12-17-32(24,31)7)21(27(35)36)9-8-20(15-19-33)29(3,4)37/h20-22,25-26,33-34,37H,8-19H2,1-7H3,(H,35,36). The molecule has 5 nitrogen and oxygen atoms in total. The highest BCUT2D eigenvalue weighted by atomic mass is 16.4.